The Morgan fingerprint density at radius 3 is 2.26 bits per heavy atom. The predicted molar refractivity (Wildman–Crippen MR) is 90.7 cm³/mol. The lowest BCUT2D eigenvalue weighted by molar-refractivity contribution is -0.117. The minimum absolute atomic E-state index is 0.216. The summed E-state index contributed by atoms with van der Waals surface area (Å²) in [6.45, 7) is 10.7. The van der Waals surface area contributed by atoms with E-state index in [0.29, 0.717) is 25.4 Å². The lowest BCUT2D eigenvalue weighted by atomic mass is 9.89. The fourth-order valence-corrected chi connectivity index (χ4v) is 2.81. The van der Waals surface area contributed by atoms with Gasteiger partial charge in [0.1, 0.15) is 11.4 Å². The molecule has 0 saturated carbocycles. The number of rotatable bonds is 4. The Kier molecular flexibility index (Phi) is 5.12. The number of hydrogen-bond acceptors (Lipinski definition) is 3. The van der Waals surface area contributed by atoms with Crippen LogP contribution in [0.5, 0.6) is 0 Å². The van der Waals surface area contributed by atoms with Crippen LogP contribution in [-0.2, 0) is 9.53 Å². The molecule has 1 saturated heterocycles. The van der Waals surface area contributed by atoms with Crippen molar-refractivity contribution in [1.82, 2.24) is 4.90 Å². The molecule has 23 heavy (non-hydrogen) atoms. The third-order valence-corrected chi connectivity index (χ3v) is 4.10. The highest BCUT2D eigenvalue weighted by atomic mass is 16.6. The van der Waals surface area contributed by atoms with E-state index in [1.165, 1.54) is 11.1 Å². The quantitative estimate of drug-likeness (QED) is 0.840. The summed E-state index contributed by atoms with van der Waals surface area (Å²) in [4.78, 5) is 24.9. The Balaban J connectivity index is 1.88. The average Bonchev–Trinajstić information content (AvgIpc) is 2.34. The van der Waals surface area contributed by atoms with Crippen molar-refractivity contribution in [3.8, 4) is 0 Å². The van der Waals surface area contributed by atoms with Crippen molar-refractivity contribution in [2.24, 2.45) is 0 Å². The number of likely N-dealkylation sites (tertiary alicyclic amines) is 1. The van der Waals surface area contributed by atoms with Crippen LogP contribution in [0.3, 0.4) is 0 Å². The normalized spacial score (nSPS) is 16.7. The minimum atomic E-state index is -0.448. The molecule has 1 atom stereocenters. The number of ether oxygens (including phenoxy) is 1. The van der Waals surface area contributed by atoms with Crippen molar-refractivity contribution in [2.45, 2.75) is 58.5 Å². The molecule has 126 valence electrons. The fourth-order valence-electron chi connectivity index (χ4n) is 2.81. The van der Waals surface area contributed by atoms with Gasteiger partial charge in [0, 0.05) is 25.4 Å². The summed E-state index contributed by atoms with van der Waals surface area (Å²) >= 11 is 0. The summed E-state index contributed by atoms with van der Waals surface area (Å²) in [6.07, 6.45) is 0.343. The predicted octanol–water partition coefficient (Wildman–Crippen LogP) is 4.10. The number of nitrogens with zero attached hydrogens (tertiary/aromatic N) is 1. The van der Waals surface area contributed by atoms with Crippen LogP contribution in [-0.4, -0.2) is 35.5 Å². The maximum atomic E-state index is 11.9. The van der Waals surface area contributed by atoms with Crippen LogP contribution in [0.2, 0.25) is 0 Å². The molecule has 0 spiro atoms. The van der Waals surface area contributed by atoms with Gasteiger partial charge in [-0.25, -0.2) is 4.79 Å². The van der Waals surface area contributed by atoms with Crippen LogP contribution in [0, 0.1) is 0 Å². The third-order valence-electron chi connectivity index (χ3n) is 4.10. The lowest BCUT2D eigenvalue weighted by Gasteiger charge is -2.40. The van der Waals surface area contributed by atoms with E-state index < -0.39 is 5.60 Å². The van der Waals surface area contributed by atoms with Crippen molar-refractivity contribution >= 4 is 11.9 Å². The molecule has 4 nitrogen and oxygen atoms in total. The highest BCUT2D eigenvalue weighted by molar-refractivity contribution is 5.76. The van der Waals surface area contributed by atoms with E-state index in [0.717, 1.165) is 0 Å². The molecule has 1 aliphatic heterocycles. The Morgan fingerprint density at radius 2 is 1.78 bits per heavy atom. The summed E-state index contributed by atoms with van der Waals surface area (Å²) in [6, 6.07) is 8.42. The first-order valence-electron chi connectivity index (χ1n) is 8.23. The number of carbonyl (C=O) groups is 2. The zero-order valence-corrected chi connectivity index (χ0v) is 14.8. The van der Waals surface area contributed by atoms with E-state index in [-0.39, 0.29) is 17.8 Å². The van der Waals surface area contributed by atoms with Gasteiger partial charge in [0.25, 0.3) is 0 Å². The molecule has 0 N–H and O–H groups in total. The number of benzene rings is 1. The van der Waals surface area contributed by atoms with Crippen LogP contribution < -0.4 is 0 Å². The van der Waals surface area contributed by atoms with Gasteiger partial charge in [0.2, 0.25) is 0 Å². The molecule has 1 amide bonds. The van der Waals surface area contributed by atoms with Crippen molar-refractivity contribution in [3.63, 3.8) is 0 Å². The van der Waals surface area contributed by atoms with Gasteiger partial charge in [-0.15, -0.1) is 0 Å². The highest BCUT2D eigenvalue weighted by Crippen LogP contribution is 2.30. The largest absolute Gasteiger partial charge is 0.444 e. The number of carbonyl (C=O) groups excluding carboxylic acids is 2. The number of hydrogen-bond donors (Lipinski definition) is 0. The van der Waals surface area contributed by atoms with Crippen LogP contribution in [0.15, 0.2) is 24.3 Å². The smallest absolute Gasteiger partial charge is 0.410 e. The second-order valence-electron chi connectivity index (χ2n) is 7.56. The highest BCUT2D eigenvalue weighted by Gasteiger charge is 2.34. The number of amides is 1. The monoisotopic (exact) mass is 317 g/mol. The van der Waals surface area contributed by atoms with Gasteiger partial charge in [0.15, 0.2) is 0 Å². The van der Waals surface area contributed by atoms with Gasteiger partial charge in [-0.1, -0.05) is 31.2 Å². The second kappa shape index (κ2) is 6.73. The fraction of sp³-hybridized carbons (Fsp3) is 0.579. The Hall–Kier alpha value is -1.84. The molecule has 1 aromatic carbocycles. The zero-order valence-electron chi connectivity index (χ0n) is 14.8. The Bertz CT molecular complexity index is 565. The van der Waals surface area contributed by atoms with E-state index in [4.69, 9.17) is 4.74 Å². The van der Waals surface area contributed by atoms with Crippen LogP contribution in [0.25, 0.3) is 0 Å². The van der Waals surface area contributed by atoms with Gasteiger partial charge in [0.05, 0.1) is 0 Å². The van der Waals surface area contributed by atoms with Crippen LogP contribution in [0.4, 0.5) is 4.79 Å². The first kappa shape index (κ1) is 17.5. The lowest BCUT2D eigenvalue weighted by Crippen LogP contribution is -2.50. The van der Waals surface area contributed by atoms with Crippen molar-refractivity contribution in [2.75, 3.05) is 13.1 Å². The van der Waals surface area contributed by atoms with Gasteiger partial charge in [-0.05, 0) is 44.7 Å². The van der Waals surface area contributed by atoms with E-state index >= 15 is 0 Å². The number of ketones is 1. The zero-order chi connectivity index (χ0) is 17.2. The van der Waals surface area contributed by atoms with Crippen molar-refractivity contribution < 1.29 is 14.3 Å². The molecule has 0 bridgehead atoms. The van der Waals surface area contributed by atoms with Gasteiger partial charge in [-0.3, -0.25) is 0 Å². The summed E-state index contributed by atoms with van der Waals surface area (Å²) in [5.74, 6) is 0.842. The van der Waals surface area contributed by atoms with Crippen molar-refractivity contribution in [1.29, 1.82) is 0 Å². The topological polar surface area (TPSA) is 46.6 Å². The first-order chi connectivity index (χ1) is 10.7. The molecule has 1 heterocycles. The third kappa shape index (κ3) is 4.81. The molecule has 0 aromatic heterocycles. The average molecular weight is 317 g/mol. The molecule has 1 aliphatic rings. The van der Waals surface area contributed by atoms with E-state index in [9.17, 15) is 9.59 Å². The molecule has 2 rings (SSSR count). The summed E-state index contributed by atoms with van der Waals surface area (Å²) in [5.41, 5.74) is 1.98. The van der Waals surface area contributed by atoms with Gasteiger partial charge in [-0.2, -0.15) is 0 Å². The summed E-state index contributed by atoms with van der Waals surface area (Å²) in [5, 5.41) is 0. The van der Waals surface area contributed by atoms with Crippen LogP contribution in [0.1, 0.15) is 64.0 Å². The Labute approximate surface area is 138 Å². The maximum absolute atomic E-state index is 11.9. The second-order valence-corrected chi connectivity index (χ2v) is 7.56. The summed E-state index contributed by atoms with van der Waals surface area (Å²) < 4.78 is 5.37. The molecule has 1 fully saturated rings. The maximum Gasteiger partial charge on any atom is 0.410 e. The van der Waals surface area contributed by atoms with Crippen LogP contribution >= 0.6 is 0 Å². The molecular weight excluding hydrogens is 290 g/mol. The van der Waals surface area contributed by atoms with Gasteiger partial charge < -0.3 is 14.4 Å². The molecule has 0 aliphatic carbocycles. The van der Waals surface area contributed by atoms with Crippen molar-refractivity contribution in [3.05, 3.63) is 35.4 Å². The molecule has 1 aromatic rings. The van der Waals surface area contributed by atoms with E-state index in [1.54, 1.807) is 11.8 Å². The first-order valence-corrected chi connectivity index (χ1v) is 8.23. The molecule has 4 heteroatoms. The molecular formula is C19H27NO3. The molecule has 1 unspecified atom stereocenters. The standard InChI is InChI=1S/C19H27NO3/c1-13(10-14(2)21)15-6-8-16(9-7-15)17-11-20(12-17)18(22)23-19(3,4)5/h6-9,13,17H,10-12H2,1-5H3. The SMILES string of the molecule is CC(=O)CC(C)c1ccc(C2CN(C(=O)OC(C)(C)C)C2)cc1. The van der Waals surface area contributed by atoms with Gasteiger partial charge >= 0.3 is 6.09 Å². The Morgan fingerprint density at radius 1 is 1.22 bits per heavy atom. The van der Waals surface area contributed by atoms with E-state index in [1.807, 2.05) is 20.8 Å². The minimum Gasteiger partial charge on any atom is -0.444 e. The molecule has 0 radical (unpaired) electrons. The van der Waals surface area contributed by atoms with E-state index in [2.05, 4.69) is 31.2 Å². The number of Topliss-reactive ketones (excluding diaryl/α,β-unsaturated/α-hetero) is 1. The summed E-state index contributed by atoms with van der Waals surface area (Å²) in [7, 11) is 0.